The first-order valence-corrected chi connectivity index (χ1v) is 8.76. The lowest BCUT2D eigenvalue weighted by molar-refractivity contribution is -0.127. The molecule has 0 aliphatic rings. The van der Waals surface area contributed by atoms with Gasteiger partial charge in [0.15, 0.2) is 17.6 Å². The van der Waals surface area contributed by atoms with E-state index in [1.807, 2.05) is 49.4 Å². The van der Waals surface area contributed by atoms with Crippen molar-refractivity contribution < 1.29 is 19.0 Å². The van der Waals surface area contributed by atoms with Crippen molar-refractivity contribution in [1.29, 1.82) is 0 Å². The first-order chi connectivity index (χ1) is 12.5. The molecule has 0 saturated carbocycles. The van der Waals surface area contributed by atoms with E-state index in [4.69, 9.17) is 14.2 Å². The molecule has 0 aliphatic heterocycles. The number of methoxy groups -OCH3 is 2. The average molecular weight is 357 g/mol. The van der Waals surface area contributed by atoms with Gasteiger partial charge in [0.25, 0.3) is 5.91 Å². The fourth-order valence-electron chi connectivity index (χ4n) is 2.62. The summed E-state index contributed by atoms with van der Waals surface area (Å²) in [5, 5.41) is 2.92. The van der Waals surface area contributed by atoms with Crippen molar-refractivity contribution in [1.82, 2.24) is 5.32 Å². The zero-order valence-corrected chi connectivity index (χ0v) is 15.9. The lowest BCUT2D eigenvalue weighted by Gasteiger charge is -2.16. The number of amides is 1. The van der Waals surface area contributed by atoms with Gasteiger partial charge in [0.05, 0.1) is 14.2 Å². The Hall–Kier alpha value is -2.69. The van der Waals surface area contributed by atoms with Crippen molar-refractivity contribution in [2.24, 2.45) is 0 Å². The van der Waals surface area contributed by atoms with Crippen molar-refractivity contribution >= 4 is 5.91 Å². The lowest BCUT2D eigenvalue weighted by Crippen LogP contribution is -2.37. The number of nitrogens with one attached hydrogen (secondary N) is 1. The molecule has 5 nitrogen and oxygen atoms in total. The Morgan fingerprint density at radius 2 is 1.77 bits per heavy atom. The molecule has 1 unspecified atom stereocenters. The van der Waals surface area contributed by atoms with Gasteiger partial charge in [0, 0.05) is 6.54 Å². The van der Waals surface area contributed by atoms with E-state index in [1.165, 1.54) is 0 Å². The van der Waals surface area contributed by atoms with E-state index in [0.29, 0.717) is 18.0 Å². The standard InChI is InChI=1S/C21H27NO4/c1-15-8-5-6-10-18(15)26-16(2)21(23)22-13-7-9-17-11-12-19(24-3)20(14-17)25-4/h5-6,8,10-12,14,16H,7,9,13H2,1-4H3,(H,22,23). The monoisotopic (exact) mass is 357 g/mol. The van der Waals surface area contributed by atoms with Gasteiger partial charge in [-0.1, -0.05) is 24.3 Å². The predicted octanol–water partition coefficient (Wildman–Crippen LogP) is 3.53. The molecule has 0 spiro atoms. The Kier molecular flexibility index (Phi) is 7.33. The highest BCUT2D eigenvalue weighted by Crippen LogP contribution is 2.27. The molecule has 0 heterocycles. The number of hydrogen-bond acceptors (Lipinski definition) is 4. The molecule has 0 fully saturated rings. The fourth-order valence-corrected chi connectivity index (χ4v) is 2.62. The Labute approximate surface area is 155 Å². The van der Waals surface area contributed by atoms with Gasteiger partial charge >= 0.3 is 0 Å². The number of hydrogen-bond donors (Lipinski definition) is 1. The molecule has 2 aromatic rings. The van der Waals surface area contributed by atoms with E-state index in [0.717, 1.165) is 29.7 Å². The van der Waals surface area contributed by atoms with Crippen LogP contribution in [0.5, 0.6) is 17.2 Å². The van der Waals surface area contributed by atoms with Crippen LogP contribution < -0.4 is 19.5 Å². The van der Waals surface area contributed by atoms with Gasteiger partial charge in [-0.15, -0.1) is 0 Å². The molecule has 26 heavy (non-hydrogen) atoms. The minimum atomic E-state index is -0.530. The molecule has 1 N–H and O–H groups in total. The maximum Gasteiger partial charge on any atom is 0.260 e. The van der Waals surface area contributed by atoms with Crippen LogP contribution in [0.1, 0.15) is 24.5 Å². The van der Waals surface area contributed by atoms with Crippen molar-refractivity contribution in [2.75, 3.05) is 20.8 Å². The van der Waals surface area contributed by atoms with Crippen LogP contribution in [-0.2, 0) is 11.2 Å². The molecule has 0 radical (unpaired) electrons. The van der Waals surface area contributed by atoms with E-state index >= 15 is 0 Å². The van der Waals surface area contributed by atoms with Gasteiger partial charge in [-0.25, -0.2) is 0 Å². The highest BCUT2D eigenvalue weighted by molar-refractivity contribution is 5.80. The summed E-state index contributed by atoms with van der Waals surface area (Å²) in [6, 6.07) is 13.5. The molecule has 0 bridgehead atoms. The van der Waals surface area contributed by atoms with E-state index < -0.39 is 6.10 Å². The molecule has 1 atom stereocenters. The maximum atomic E-state index is 12.2. The molecular formula is C21H27NO4. The Balaban J connectivity index is 1.77. The molecular weight excluding hydrogens is 330 g/mol. The van der Waals surface area contributed by atoms with Gasteiger partial charge in [0.1, 0.15) is 5.75 Å². The van der Waals surface area contributed by atoms with Crippen LogP contribution in [0.2, 0.25) is 0 Å². The minimum absolute atomic E-state index is 0.111. The minimum Gasteiger partial charge on any atom is -0.493 e. The number of carbonyl (C=O) groups is 1. The summed E-state index contributed by atoms with van der Waals surface area (Å²) < 4.78 is 16.3. The van der Waals surface area contributed by atoms with Crippen LogP contribution in [0.25, 0.3) is 0 Å². The molecule has 2 rings (SSSR count). The SMILES string of the molecule is COc1ccc(CCCNC(=O)C(C)Oc2ccccc2C)cc1OC. The number of carbonyl (C=O) groups excluding carboxylic acids is 1. The summed E-state index contributed by atoms with van der Waals surface area (Å²) in [7, 11) is 3.24. The predicted molar refractivity (Wildman–Crippen MR) is 102 cm³/mol. The third-order valence-corrected chi connectivity index (χ3v) is 4.16. The second-order valence-electron chi connectivity index (χ2n) is 6.11. The van der Waals surface area contributed by atoms with Crippen LogP contribution >= 0.6 is 0 Å². The van der Waals surface area contributed by atoms with Gasteiger partial charge in [-0.05, 0) is 56.0 Å². The normalized spacial score (nSPS) is 11.5. The second-order valence-corrected chi connectivity index (χ2v) is 6.11. The van der Waals surface area contributed by atoms with E-state index in [-0.39, 0.29) is 5.91 Å². The van der Waals surface area contributed by atoms with Crippen molar-refractivity contribution in [3.8, 4) is 17.2 Å². The second kappa shape index (κ2) is 9.70. The van der Waals surface area contributed by atoms with E-state index in [9.17, 15) is 4.79 Å². The number of aryl methyl sites for hydroxylation is 2. The van der Waals surface area contributed by atoms with Gasteiger partial charge in [-0.3, -0.25) is 4.79 Å². The Morgan fingerprint density at radius 3 is 2.46 bits per heavy atom. The maximum absolute atomic E-state index is 12.2. The topological polar surface area (TPSA) is 56.8 Å². The largest absolute Gasteiger partial charge is 0.493 e. The zero-order valence-electron chi connectivity index (χ0n) is 15.9. The van der Waals surface area contributed by atoms with Crippen molar-refractivity contribution in [3.05, 3.63) is 53.6 Å². The summed E-state index contributed by atoms with van der Waals surface area (Å²) in [5.41, 5.74) is 2.15. The first kappa shape index (κ1) is 19.6. The van der Waals surface area contributed by atoms with Crippen molar-refractivity contribution in [3.63, 3.8) is 0 Å². The average Bonchev–Trinajstić information content (AvgIpc) is 2.66. The molecule has 5 heteroatoms. The molecule has 140 valence electrons. The molecule has 0 aromatic heterocycles. The quantitative estimate of drug-likeness (QED) is 0.698. The third kappa shape index (κ3) is 5.41. The number of rotatable bonds is 9. The molecule has 0 saturated heterocycles. The smallest absolute Gasteiger partial charge is 0.260 e. The van der Waals surface area contributed by atoms with Crippen LogP contribution in [-0.4, -0.2) is 32.8 Å². The Morgan fingerprint density at radius 1 is 1.04 bits per heavy atom. The van der Waals surface area contributed by atoms with Crippen LogP contribution in [0.4, 0.5) is 0 Å². The fraction of sp³-hybridized carbons (Fsp3) is 0.381. The summed E-state index contributed by atoms with van der Waals surface area (Å²) >= 11 is 0. The zero-order chi connectivity index (χ0) is 18.9. The molecule has 1 amide bonds. The van der Waals surface area contributed by atoms with E-state index in [2.05, 4.69) is 5.32 Å². The number of benzene rings is 2. The first-order valence-electron chi connectivity index (χ1n) is 8.76. The summed E-state index contributed by atoms with van der Waals surface area (Å²) in [6.07, 6.45) is 1.14. The van der Waals surface area contributed by atoms with Crippen LogP contribution in [0.15, 0.2) is 42.5 Å². The summed E-state index contributed by atoms with van der Waals surface area (Å²) in [6.45, 7) is 4.31. The summed E-state index contributed by atoms with van der Waals surface area (Å²) in [5.74, 6) is 2.06. The third-order valence-electron chi connectivity index (χ3n) is 4.16. The molecule has 0 aliphatic carbocycles. The highest BCUT2D eigenvalue weighted by atomic mass is 16.5. The molecule has 2 aromatic carbocycles. The lowest BCUT2D eigenvalue weighted by atomic mass is 10.1. The van der Waals surface area contributed by atoms with Crippen LogP contribution in [0, 0.1) is 6.92 Å². The Bertz CT molecular complexity index is 730. The highest BCUT2D eigenvalue weighted by Gasteiger charge is 2.14. The van der Waals surface area contributed by atoms with E-state index in [1.54, 1.807) is 21.1 Å². The van der Waals surface area contributed by atoms with Gasteiger partial charge < -0.3 is 19.5 Å². The van der Waals surface area contributed by atoms with Crippen molar-refractivity contribution in [2.45, 2.75) is 32.8 Å². The number of para-hydroxylation sites is 1. The van der Waals surface area contributed by atoms with Gasteiger partial charge in [-0.2, -0.15) is 0 Å². The van der Waals surface area contributed by atoms with Gasteiger partial charge in [0.2, 0.25) is 0 Å². The van der Waals surface area contributed by atoms with Crippen LogP contribution in [0.3, 0.4) is 0 Å². The summed E-state index contributed by atoms with van der Waals surface area (Å²) in [4.78, 5) is 12.2. The number of ether oxygens (including phenoxy) is 3.